The summed E-state index contributed by atoms with van der Waals surface area (Å²) in [6.07, 6.45) is -0.668. The van der Waals surface area contributed by atoms with Crippen molar-refractivity contribution in [1.82, 2.24) is 10.6 Å². The average Bonchev–Trinajstić information content (AvgIpc) is 3.00. The fourth-order valence-electron chi connectivity index (χ4n) is 1.84. The Morgan fingerprint density at radius 1 is 1.25 bits per heavy atom. The largest absolute Gasteiger partial charge is 0.387 e. The van der Waals surface area contributed by atoms with Crippen LogP contribution in [-0.4, -0.2) is 17.7 Å². The first kappa shape index (κ1) is 14.6. The molecule has 0 aliphatic carbocycles. The number of aliphatic hydroxyl groups is 1. The highest BCUT2D eigenvalue weighted by molar-refractivity contribution is 7.07. The summed E-state index contributed by atoms with van der Waals surface area (Å²) >= 11 is 1.52. The minimum atomic E-state index is -0.668. The van der Waals surface area contributed by atoms with Crippen LogP contribution < -0.4 is 10.6 Å². The number of amides is 2. The van der Waals surface area contributed by atoms with Crippen LogP contribution in [-0.2, 0) is 0 Å². The average molecular weight is 290 g/mol. The van der Waals surface area contributed by atoms with Crippen LogP contribution in [0.3, 0.4) is 0 Å². The monoisotopic (exact) mass is 290 g/mol. The Hall–Kier alpha value is -1.85. The molecule has 2 unspecified atom stereocenters. The second kappa shape index (κ2) is 7.07. The standard InChI is InChI=1S/C15H18N2O2S/c1-11(12-5-3-2-4-6-12)17-15(19)16-9-14(18)13-7-8-20-10-13/h2-8,10-11,14,18H,9H2,1H3,(H2,16,17,19). The number of urea groups is 1. The fraction of sp³-hybridized carbons (Fsp3) is 0.267. The summed E-state index contributed by atoms with van der Waals surface area (Å²) in [4.78, 5) is 11.8. The fourth-order valence-corrected chi connectivity index (χ4v) is 2.55. The van der Waals surface area contributed by atoms with Crippen LogP contribution in [0.15, 0.2) is 47.2 Å². The van der Waals surface area contributed by atoms with Crippen molar-refractivity contribution in [3.05, 3.63) is 58.3 Å². The van der Waals surface area contributed by atoms with Crippen molar-refractivity contribution in [2.24, 2.45) is 0 Å². The molecule has 0 fully saturated rings. The second-order valence-corrected chi connectivity index (χ2v) is 5.34. The van der Waals surface area contributed by atoms with Crippen LogP contribution in [0.2, 0.25) is 0 Å². The lowest BCUT2D eigenvalue weighted by molar-refractivity contribution is 0.173. The van der Waals surface area contributed by atoms with Crippen molar-refractivity contribution in [2.75, 3.05) is 6.54 Å². The van der Waals surface area contributed by atoms with E-state index in [1.807, 2.05) is 54.1 Å². The van der Waals surface area contributed by atoms with E-state index in [4.69, 9.17) is 0 Å². The van der Waals surface area contributed by atoms with Crippen LogP contribution in [0.1, 0.15) is 30.2 Å². The molecule has 0 radical (unpaired) electrons. The molecule has 3 N–H and O–H groups in total. The Balaban J connectivity index is 1.78. The molecular formula is C15H18N2O2S. The third-order valence-corrected chi connectivity index (χ3v) is 3.73. The summed E-state index contributed by atoms with van der Waals surface area (Å²) in [5.41, 5.74) is 1.87. The summed E-state index contributed by atoms with van der Waals surface area (Å²) in [6, 6.07) is 11.2. The first-order chi connectivity index (χ1) is 9.66. The quantitative estimate of drug-likeness (QED) is 0.793. The smallest absolute Gasteiger partial charge is 0.315 e. The van der Waals surface area contributed by atoms with Crippen molar-refractivity contribution < 1.29 is 9.90 Å². The molecule has 1 heterocycles. The van der Waals surface area contributed by atoms with Crippen molar-refractivity contribution >= 4 is 17.4 Å². The number of aliphatic hydroxyl groups excluding tert-OH is 1. The maximum atomic E-state index is 11.8. The predicted octanol–water partition coefficient (Wildman–Crippen LogP) is 2.84. The van der Waals surface area contributed by atoms with Crippen LogP contribution in [0.25, 0.3) is 0 Å². The van der Waals surface area contributed by atoms with Crippen LogP contribution >= 0.6 is 11.3 Å². The molecule has 2 rings (SSSR count). The molecule has 0 bridgehead atoms. The maximum absolute atomic E-state index is 11.8. The molecule has 106 valence electrons. The van der Waals surface area contributed by atoms with Gasteiger partial charge in [0.1, 0.15) is 0 Å². The number of rotatable bonds is 5. The molecule has 5 heteroatoms. The Kier molecular flexibility index (Phi) is 5.15. The van der Waals surface area contributed by atoms with E-state index in [9.17, 15) is 9.90 Å². The third kappa shape index (κ3) is 4.08. The number of hydrogen-bond acceptors (Lipinski definition) is 3. The first-order valence-electron chi connectivity index (χ1n) is 6.46. The van der Waals surface area contributed by atoms with Gasteiger partial charge in [-0.05, 0) is 34.9 Å². The van der Waals surface area contributed by atoms with Crippen molar-refractivity contribution in [3.8, 4) is 0 Å². The Bertz CT molecular complexity index is 528. The predicted molar refractivity (Wildman–Crippen MR) is 80.7 cm³/mol. The van der Waals surface area contributed by atoms with Gasteiger partial charge in [0.25, 0.3) is 0 Å². The SMILES string of the molecule is CC(NC(=O)NCC(O)c1ccsc1)c1ccccc1. The number of hydrogen-bond donors (Lipinski definition) is 3. The topological polar surface area (TPSA) is 61.4 Å². The molecular weight excluding hydrogens is 272 g/mol. The first-order valence-corrected chi connectivity index (χ1v) is 7.40. The van der Waals surface area contributed by atoms with Gasteiger partial charge in [0.15, 0.2) is 0 Å². The zero-order chi connectivity index (χ0) is 14.4. The molecule has 2 aromatic rings. The minimum Gasteiger partial charge on any atom is -0.387 e. The number of thiophene rings is 1. The van der Waals surface area contributed by atoms with Crippen molar-refractivity contribution in [3.63, 3.8) is 0 Å². The van der Waals surface area contributed by atoms with Crippen molar-refractivity contribution in [1.29, 1.82) is 0 Å². The van der Waals surface area contributed by atoms with E-state index >= 15 is 0 Å². The summed E-state index contributed by atoms with van der Waals surface area (Å²) in [6.45, 7) is 2.12. The lowest BCUT2D eigenvalue weighted by Crippen LogP contribution is -2.39. The molecule has 4 nitrogen and oxygen atoms in total. The van der Waals surface area contributed by atoms with Gasteiger partial charge in [-0.15, -0.1) is 0 Å². The van der Waals surface area contributed by atoms with Gasteiger partial charge in [-0.1, -0.05) is 30.3 Å². The van der Waals surface area contributed by atoms with E-state index in [1.165, 1.54) is 11.3 Å². The van der Waals surface area contributed by atoms with Crippen LogP contribution in [0.4, 0.5) is 4.79 Å². The molecule has 0 aliphatic rings. The van der Waals surface area contributed by atoms with Gasteiger partial charge in [0.2, 0.25) is 0 Å². The van der Waals surface area contributed by atoms with Gasteiger partial charge in [0, 0.05) is 6.54 Å². The molecule has 1 aromatic heterocycles. The maximum Gasteiger partial charge on any atom is 0.315 e. The molecule has 0 aliphatic heterocycles. The Labute approximate surface area is 122 Å². The van der Waals surface area contributed by atoms with Gasteiger partial charge in [-0.25, -0.2) is 4.79 Å². The molecule has 1 aromatic carbocycles. The van der Waals surface area contributed by atoms with Crippen LogP contribution in [0.5, 0.6) is 0 Å². The minimum absolute atomic E-state index is 0.0745. The lowest BCUT2D eigenvalue weighted by atomic mass is 10.1. The lowest BCUT2D eigenvalue weighted by Gasteiger charge is -2.16. The Morgan fingerprint density at radius 3 is 2.65 bits per heavy atom. The molecule has 2 amide bonds. The van der Waals surface area contributed by atoms with Gasteiger partial charge in [-0.3, -0.25) is 0 Å². The highest BCUT2D eigenvalue weighted by Crippen LogP contribution is 2.15. The Morgan fingerprint density at radius 2 is 2.00 bits per heavy atom. The van der Waals surface area contributed by atoms with Gasteiger partial charge >= 0.3 is 6.03 Å². The molecule has 20 heavy (non-hydrogen) atoms. The van der Waals surface area contributed by atoms with E-state index in [1.54, 1.807) is 0 Å². The summed E-state index contributed by atoms with van der Waals surface area (Å²) in [5.74, 6) is 0. The number of benzene rings is 1. The summed E-state index contributed by atoms with van der Waals surface area (Å²) < 4.78 is 0. The third-order valence-electron chi connectivity index (χ3n) is 3.03. The highest BCUT2D eigenvalue weighted by atomic mass is 32.1. The van der Waals surface area contributed by atoms with Gasteiger partial charge in [0.05, 0.1) is 12.1 Å². The second-order valence-electron chi connectivity index (χ2n) is 4.56. The zero-order valence-electron chi connectivity index (χ0n) is 11.2. The number of nitrogens with one attached hydrogen (secondary N) is 2. The number of carbonyl (C=O) groups is 1. The van der Waals surface area contributed by atoms with E-state index in [0.717, 1.165) is 11.1 Å². The normalized spacial score (nSPS) is 13.5. The van der Waals surface area contributed by atoms with E-state index in [0.29, 0.717) is 0 Å². The summed E-state index contributed by atoms with van der Waals surface area (Å²) in [7, 11) is 0. The molecule has 2 atom stereocenters. The van der Waals surface area contributed by atoms with Gasteiger partial charge < -0.3 is 15.7 Å². The summed E-state index contributed by atoms with van der Waals surface area (Å²) in [5, 5.41) is 19.2. The molecule has 0 saturated heterocycles. The van der Waals surface area contributed by atoms with Gasteiger partial charge in [-0.2, -0.15) is 11.3 Å². The molecule has 0 saturated carbocycles. The van der Waals surface area contributed by atoms with Crippen molar-refractivity contribution in [2.45, 2.75) is 19.1 Å². The van der Waals surface area contributed by atoms with E-state index in [-0.39, 0.29) is 18.6 Å². The highest BCUT2D eigenvalue weighted by Gasteiger charge is 2.12. The van der Waals surface area contributed by atoms with Crippen LogP contribution in [0, 0.1) is 0 Å². The zero-order valence-corrected chi connectivity index (χ0v) is 12.1. The molecule has 0 spiro atoms. The van der Waals surface area contributed by atoms with E-state index in [2.05, 4.69) is 10.6 Å². The number of carbonyl (C=O) groups excluding carboxylic acids is 1. The van der Waals surface area contributed by atoms with E-state index < -0.39 is 6.10 Å².